The summed E-state index contributed by atoms with van der Waals surface area (Å²) in [5.41, 5.74) is 4.03. The molecular formula is C7H4ClF3N2O2. The SMILES string of the molecule is NC(C(=O)O)c1c(F)c(F)nc(F)c1Cl. The molecule has 0 amide bonds. The number of nitrogens with two attached hydrogens (primary N) is 1. The Kier molecular flexibility index (Phi) is 3.15. The summed E-state index contributed by atoms with van der Waals surface area (Å²) in [4.78, 5) is 12.9. The van der Waals surface area contributed by atoms with E-state index in [1.807, 2.05) is 0 Å². The highest BCUT2D eigenvalue weighted by molar-refractivity contribution is 6.31. The number of hydrogen-bond donors (Lipinski definition) is 2. The normalized spacial score (nSPS) is 12.6. The topological polar surface area (TPSA) is 76.2 Å². The summed E-state index contributed by atoms with van der Waals surface area (Å²) in [7, 11) is 0. The second-order valence-corrected chi connectivity index (χ2v) is 2.93. The average molecular weight is 241 g/mol. The minimum atomic E-state index is -1.95. The van der Waals surface area contributed by atoms with Gasteiger partial charge in [0.2, 0.25) is 5.95 Å². The smallest absolute Gasteiger partial charge is 0.325 e. The van der Waals surface area contributed by atoms with Gasteiger partial charge in [-0.25, -0.2) is 4.39 Å². The van der Waals surface area contributed by atoms with Gasteiger partial charge < -0.3 is 10.8 Å². The largest absolute Gasteiger partial charge is 0.480 e. The summed E-state index contributed by atoms with van der Waals surface area (Å²) < 4.78 is 38.4. The maximum atomic E-state index is 13.0. The van der Waals surface area contributed by atoms with E-state index in [4.69, 9.17) is 22.4 Å². The number of nitrogens with zero attached hydrogens (tertiary/aromatic N) is 1. The number of carbonyl (C=O) groups is 1. The van der Waals surface area contributed by atoms with Gasteiger partial charge >= 0.3 is 5.97 Å². The van der Waals surface area contributed by atoms with Crippen molar-refractivity contribution in [3.63, 3.8) is 0 Å². The van der Waals surface area contributed by atoms with Crippen LogP contribution in [0, 0.1) is 17.7 Å². The number of carboxylic acid groups (broad SMARTS) is 1. The van der Waals surface area contributed by atoms with Crippen LogP contribution < -0.4 is 5.73 Å². The second-order valence-electron chi connectivity index (χ2n) is 2.55. The van der Waals surface area contributed by atoms with Crippen LogP contribution in [0.25, 0.3) is 0 Å². The number of rotatable bonds is 2. The Morgan fingerprint density at radius 2 is 1.93 bits per heavy atom. The molecule has 0 bridgehead atoms. The molecule has 1 atom stereocenters. The van der Waals surface area contributed by atoms with E-state index in [9.17, 15) is 18.0 Å². The Morgan fingerprint density at radius 1 is 1.40 bits per heavy atom. The quantitative estimate of drug-likeness (QED) is 0.763. The fourth-order valence-corrected chi connectivity index (χ4v) is 1.14. The summed E-state index contributed by atoms with van der Waals surface area (Å²) in [6.07, 6.45) is 0. The lowest BCUT2D eigenvalue weighted by molar-refractivity contribution is -0.138. The van der Waals surface area contributed by atoms with Crippen molar-refractivity contribution in [2.45, 2.75) is 6.04 Å². The second kappa shape index (κ2) is 4.03. The lowest BCUT2D eigenvalue weighted by Gasteiger charge is -2.10. The van der Waals surface area contributed by atoms with E-state index in [2.05, 4.69) is 4.98 Å². The van der Waals surface area contributed by atoms with Crippen LogP contribution in [0.5, 0.6) is 0 Å². The molecule has 1 unspecified atom stereocenters. The van der Waals surface area contributed by atoms with E-state index in [0.29, 0.717) is 0 Å². The predicted molar refractivity (Wildman–Crippen MR) is 43.7 cm³/mol. The monoisotopic (exact) mass is 240 g/mol. The molecule has 1 aromatic rings. The van der Waals surface area contributed by atoms with Crippen molar-refractivity contribution in [1.82, 2.24) is 4.98 Å². The third kappa shape index (κ3) is 2.02. The molecule has 4 nitrogen and oxygen atoms in total. The predicted octanol–water partition coefficient (Wildman–Crippen LogP) is 1.24. The molecule has 0 aliphatic heterocycles. The van der Waals surface area contributed by atoms with Crippen molar-refractivity contribution in [3.8, 4) is 0 Å². The molecule has 82 valence electrons. The van der Waals surface area contributed by atoms with Crippen molar-refractivity contribution in [1.29, 1.82) is 0 Å². The first kappa shape index (κ1) is 11.7. The lowest BCUT2D eigenvalue weighted by Crippen LogP contribution is -2.23. The minimum absolute atomic E-state index is 0.941. The molecule has 1 aromatic heterocycles. The highest BCUT2D eigenvalue weighted by Crippen LogP contribution is 2.27. The number of halogens is 4. The molecule has 0 saturated carbocycles. The highest BCUT2D eigenvalue weighted by atomic mass is 35.5. The summed E-state index contributed by atoms with van der Waals surface area (Å²) in [5.74, 6) is -6.64. The van der Waals surface area contributed by atoms with Crippen LogP contribution in [0.1, 0.15) is 11.6 Å². The Hall–Kier alpha value is -1.34. The van der Waals surface area contributed by atoms with Crippen molar-refractivity contribution < 1.29 is 23.1 Å². The molecule has 0 aliphatic carbocycles. The molecule has 15 heavy (non-hydrogen) atoms. The van der Waals surface area contributed by atoms with Gasteiger partial charge in [0.05, 0.1) is 0 Å². The van der Waals surface area contributed by atoms with E-state index < -0.39 is 40.3 Å². The first-order chi connectivity index (χ1) is 6.86. The van der Waals surface area contributed by atoms with Gasteiger partial charge in [-0.1, -0.05) is 11.6 Å². The summed E-state index contributed by atoms with van der Waals surface area (Å²) in [5, 5.41) is 7.51. The van der Waals surface area contributed by atoms with Gasteiger partial charge in [-0.15, -0.1) is 0 Å². The molecule has 8 heteroatoms. The van der Waals surface area contributed by atoms with Crippen molar-refractivity contribution in [2.24, 2.45) is 5.73 Å². The Labute approximate surface area is 86.5 Å². The Bertz CT molecular complexity index is 401. The van der Waals surface area contributed by atoms with Gasteiger partial charge in [0.25, 0.3) is 5.95 Å². The van der Waals surface area contributed by atoms with Crippen LogP contribution in [0.3, 0.4) is 0 Å². The first-order valence-corrected chi connectivity index (χ1v) is 3.92. The van der Waals surface area contributed by atoms with Gasteiger partial charge in [0.15, 0.2) is 5.82 Å². The van der Waals surface area contributed by atoms with Gasteiger partial charge in [0.1, 0.15) is 11.1 Å². The molecular weight excluding hydrogens is 237 g/mol. The highest BCUT2D eigenvalue weighted by Gasteiger charge is 2.27. The maximum Gasteiger partial charge on any atom is 0.325 e. The summed E-state index contributed by atoms with van der Waals surface area (Å²) in [6.45, 7) is 0. The van der Waals surface area contributed by atoms with Crippen LogP contribution >= 0.6 is 11.6 Å². The number of hydrogen-bond acceptors (Lipinski definition) is 3. The first-order valence-electron chi connectivity index (χ1n) is 3.54. The third-order valence-electron chi connectivity index (χ3n) is 1.61. The zero-order chi connectivity index (χ0) is 11.7. The maximum absolute atomic E-state index is 13.0. The average Bonchev–Trinajstić information content (AvgIpc) is 2.15. The van der Waals surface area contributed by atoms with E-state index >= 15 is 0 Å². The molecule has 1 rings (SSSR count). The third-order valence-corrected chi connectivity index (χ3v) is 1.97. The Balaban J connectivity index is 3.45. The van der Waals surface area contributed by atoms with E-state index in [1.54, 1.807) is 0 Å². The van der Waals surface area contributed by atoms with Crippen LogP contribution in [-0.2, 0) is 4.79 Å². The fraction of sp³-hybridized carbons (Fsp3) is 0.143. The molecule has 1 heterocycles. The van der Waals surface area contributed by atoms with Crippen molar-refractivity contribution in [3.05, 3.63) is 28.3 Å². The molecule has 0 radical (unpaired) electrons. The van der Waals surface area contributed by atoms with Crippen molar-refractivity contribution >= 4 is 17.6 Å². The number of aromatic nitrogens is 1. The molecule has 0 aliphatic rings. The zero-order valence-corrected chi connectivity index (χ0v) is 7.73. The standard InChI is InChI=1S/C7H4ClF3N2O2/c8-2-1(4(12)7(14)15)3(9)6(11)13-5(2)10/h4H,12H2,(H,14,15). The van der Waals surface area contributed by atoms with Crippen molar-refractivity contribution in [2.75, 3.05) is 0 Å². The number of pyridine rings is 1. The Morgan fingerprint density at radius 3 is 2.40 bits per heavy atom. The van der Waals surface area contributed by atoms with Gasteiger partial charge in [-0.2, -0.15) is 13.8 Å². The van der Waals surface area contributed by atoms with E-state index in [1.165, 1.54) is 0 Å². The number of aliphatic carboxylic acids is 1. The molecule has 0 spiro atoms. The van der Waals surface area contributed by atoms with Gasteiger partial charge in [-0.05, 0) is 0 Å². The molecule has 0 saturated heterocycles. The van der Waals surface area contributed by atoms with E-state index in [0.717, 1.165) is 0 Å². The van der Waals surface area contributed by atoms with Gasteiger partial charge in [0, 0.05) is 5.56 Å². The van der Waals surface area contributed by atoms with Crippen LogP contribution in [0.4, 0.5) is 13.2 Å². The van der Waals surface area contributed by atoms with Crippen LogP contribution in [0.15, 0.2) is 0 Å². The van der Waals surface area contributed by atoms with Crippen LogP contribution in [0.2, 0.25) is 5.02 Å². The molecule has 0 aromatic carbocycles. The van der Waals surface area contributed by atoms with E-state index in [-0.39, 0.29) is 0 Å². The van der Waals surface area contributed by atoms with Crippen LogP contribution in [-0.4, -0.2) is 16.1 Å². The minimum Gasteiger partial charge on any atom is -0.480 e. The molecule has 0 fully saturated rings. The summed E-state index contributed by atoms with van der Waals surface area (Å²) >= 11 is 5.22. The zero-order valence-electron chi connectivity index (χ0n) is 6.97. The number of carboxylic acids is 1. The lowest BCUT2D eigenvalue weighted by atomic mass is 10.1. The summed E-state index contributed by atoms with van der Waals surface area (Å²) in [6, 6.07) is -1.95. The van der Waals surface area contributed by atoms with Gasteiger partial charge in [-0.3, -0.25) is 4.79 Å². The fourth-order valence-electron chi connectivity index (χ4n) is 0.899. The molecule has 3 N–H and O–H groups in total.